The first kappa shape index (κ1) is 39.5. The molecule has 6 nitrogen and oxygen atoms in total. The second-order valence-corrected chi connectivity index (χ2v) is 21.8. The summed E-state index contributed by atoms with van der Waals surface area (Å²) in [5.41, 5.74) is 7.16. The number of anilines is 4. The average Bonchev–Trinajstić information content (AvgIpc) is 1.23. The van der Waals surface area contributed by atoms with Crippen LogP contribution in [-0.2, 0) is 26.5 Å². The van der Waals surface area contributed by atoms with Crippen molar-refractivity contribution in [3.8, 4) is 73.3 Å². The van der Waals surface area contributed by atoms with Gasteiger partial charge in [-0.1, -0.05) is 211 Å². The largest absolute Gasteiger partial charge is 0.509 e. The van der Waals surface area contributed by atoms with Gasteiger partial charge in [-0.05, 0) is 98.0 Å². The third-order valence-electron chi connectivity index (χ3n) is 14.7. The van der Waals surface area contributed by atoms with E-state index < -0.39 is 84.0 Å². The van der Waals surface area contributed by atoms with E-state index in [1.165, 1.54) is 0 Å². The van der Waals surface area contributed by atoms with Gasteiger partial charge in [-0.3, -0.25) is 0 Å². The molecule has 3 heterocycles. The molecular formula is C76H63N4O2Pt-3. The zero-order valence-electron chi connectivity index (χ0n) is 61.5. The van der Waals surface area contributed by atoms with Gasteiger partial charge in [0.1, 0.15) is 17.3 Å². The Hall–Kier alpha value is -8.96. The Balaban J connectivity index is 0.00000914. The van der Waals surface area contributed by atoms with Crippen LogP contribution in [0.15, 0.2) is 236 Å². The monoisotopic (exact) mass is 1270 g/mol. The van der Waals surface area contributed by atoms with Gasteiger partial charge in [0.15, 0.2) is 0 Å². The van der Waals surface area contributed by atoms with Crippen molar-refractivity contribution >= 4 is 44.6 Å². The standard InChI is InChI=1S/C76H63N4O2.Pt/c1-50(2)55-41-56(51(3)4)43-57(42-55)64-33-22-32-63(52-23-11-8-12-24-52)75(64)82-62-39-40-77-73(48-62)80-69-34-18-17-31-65(69)66-38-37-61(47-72(66)80)81-60-30-21-29-59(46-60)78-49-79(71-36-20-19-35-70(71)78)74-67(53-25-13-9-14-26-53)44-58(76(5,6)7)45-68(74)54-27-15-10-16-28-54;/h8-45,48-51H,1-7H3;/q-3;/i8D,9D,10D,11D,12D,13D,14D,15D,16D,23D,24D,25D,26D,27D,28D;. The predicted octanol–water partition coefficient (Wildman–Crippen LogP) is 21.0. The summed E-state index contributed by atoms with van der Waals surface area (Å²) in [6.07, 6.45) is 1.62. The molecule has 0 bridgehead atoms. The van der Waals surface area contributed by atoms with E-state index in [0.29, 0.717) is 56.6 Å². The van der Waals surface area contributed by atoms with Gasteiger partial charge in [0, 0.05) is 89.7 Å². The molecule has 83 heavy (non-hydrogen) atoms. The van der Waals surface area contributed by atoms with Crippen molar-refractivity contribution in [1.29, 1.82) is 0 Å². The number of fused-ring (bicyclic) bond motifs is 4. The zero-order valence-corrected chi connectivity index (χ0v) is 48.8. The van der Waals surface area contributed by atoms with Crippen molar-refractivity contribution < 1.29 is 51.1 Å². The third kappa shape index (κ3) is 10.6. The van der Waals surface area contributed by atoms with Crippen molar-refractivity contribution in [2.45, 2.75) is 65.7 Å². The molecule has 12 aromatic rings. The number of rotatable bonds is 13. The maximum Gasteiger partial charge on any atom is 0.143 e. The Labute approximate surface area is 523 Å². The van der Waals surface area contributed by atoms with E-state index in [4.69, 9.17) is 29.5 Å². The summed E-state index contributed by atoms with van der Waals surface area (Å²) in [7, 11) is 0. The first-order chi connectivity index (χ1) is 46.1. The van der Waals surface area contributed by atoms with E-state index in [-0.39, 0.29) is 90.0 Å². The molecule has 1 aliphatic heterocycles. The molecule has 0 N–H and O–H groups in total. The van der Waals surface area contributed by atoms with E-state index in [1.54, 1.807) is 60.2 Å². The number of aromatic nitrogens is 2. The van der Waals surface area contributed by atoms with Crippen LogP contribution in [0.3, 0.4) is 0 Å². The fourth-order valence-electron chi connectivity index (χ4n) is 10.5. The summed E-state index contributed by atoms with van der Waals surface area (Å²) in [6.45, 7) is 16.0. The number of benzene rings is 10. The number of ether oxygens (including phenoxy) is 2. The Morgan fingerprint density at radius 2 is 1.08 bits per heavy atom. The van der Waals surface area contributed by atoms with Gasteiger partial charge < -0.3 is 23.8 Å². The van der Waals surface area contributed by atoms with Crippen molar-refractivity contribution in [1.82, 2.24) is 9.55 Å². The second kappa shape index (κ2) is 22.8. The van der Waals surface area contributed by atoms with Crippen molar-refractivity contribution in [2.75, 3.05) is 9.80 Å². The minimum Gasteiger partial charge on any atom is -0.509 e. The molecule has 10 aromatic carbocycles. The van der Waals surface area contributed by atoms with E-state index in [9.17, 15) is 5.48 Å². The van der Waals surface area contributed by atoms with Crippen LogP contribution in [0.5, 0.6) is 23.0 Å². The summed E-state index contributed by atoms with van der Waals surface area (Å²) >= 11 is 0. The Bertz CT molecular complexity index is 5060. The normalized spacial score (nSPS) is 14.8. The van der Waals surface area contributed by atoms with Crippen LogP contribution in [0, 0.1) is 18.8 Å². The summed E-state index contributed by atoms with van der Waals surface area (Å²) in [5, 5.41) is 1.73. The first-order valence-electron chi connectivity index (χ1n) is 34.7. The van der Waals surface area contributed by atoms with Gasteiger partial charge in [0.05, 0.1) is 20.6 Å². The predicted molar refractivity (Wildman–Crippen MR) is 339 cm³/mol. The van der Waals surface area contributed by atoms with E-state index in [0.717, 1.165) is 33.0 Å². The smallest absolute Gasteiger partial charge is 0.143 e. The number of para-hydroxylation sites is 4. The fourth-order valence-corrected chi connectivity index (χ4v) is 10.5. The molecule has 0 amide bonds. The summed E-state index contributed by atoms with van der Waals surface area (Å²) in [5.74, 6) is 2.03. The Kier molecular flexibility index (Phi) is 10.8. The quantitative estimate of drug-likeness (QED) is 0.108. The molecule has 0 fully saturated rings. The van der Waals surface area contributed by atoms with E-state index in [2.05, 4.69) is 58.0 Å². The molecule has 0 saturated heterocycles. The number of hydrogen-bond acceptors (Lipinski definition) is 5. The molecule has 0 aliphatic carbocycles. The van der Waals surface area contributed by atoms with Crippen molar-refractivity contribution in [2.24, 2.45) is 0 Å². The van der Waals surface area contributed by atoms with Gasteiger partial charge in [0.2, 0.25) is 0 Å². The van der Waals surface area contributed by atoms with Crippen LogP contribution in [0.1, 0.15) is 97.6 Å². The van der Waals surface area contributed by atoms with Gasteiger partial charge in [-0.2, -0.15) is 12.1 Å². The molecular weight excluding hydrogens is 1200 g/mol. The SMILES string of the molecule is [2H]c1c([2H])c([2H])c(-c2cccc(-c3cc(C(C)C)cc(C(C)C)c3)c2Oc2ccnc(-n3c4[c-]c(Oc5[c-]c(N6[CH-]N(c7c(-c8c([2H])c([2H])c([2H])c([2H])c8[2H])cc(C(C)(C)C)cc7-c7c([2H])c([2H])c([2H])c([2H])c7[2H])c7ccccc76)ccc5)ccc4c4ccccc43)c2)c([2H])c1[2H].[Pt]. The number of nitrogens with zero attached hydrogens (tertiary/aromatic N) is 4. The van der Waals surface area contributed by atoms with Crippen LogP contribution >= 0.6 is 0 Å². The van der Waals surface area contributed by atoms with E-state index in [1.807, 2.05) is 109 Å². The Morgan fingerprint density at radius 3 is 1.71 bits per heavy atom. The van der Waals surface area contributed by atoms with Crippen LogP contribution in [0.25, 0.3) is 72.1 Å². The number of hydrogen-bond donors (Lipinski definition) is 0. The van der Waals surface area contributed by atoms with Crippen molar-refractivity contribution in [3.05, 3.63) is 272 Å². The number of pyridine rings is 1. The minimum atomic E-state index is -0.671. The molecule has 2 aromatic heterocycles. The average molecular weight is 1270 g/mol. The molecule has 0 radical (unpaired) electrons. The zero-order chi connectivity index (χ0) is 69.1. The molecule has 1 aliphatic rings. The maximum atomic E-state index is 9.32. The third-order valence-corrected chi connectivity index (χ3v) is 14.7. The minimum absolute atomic E-state index is 0. The molecule has 0 saturated carbocycles. The van der Waals surface area contributed by atoms with Crippen LogP contribution < -0.4 is 19.3 Å². The van der Waals surface area contributed by atoms with Crippen LogP contribution in [0.4, 0.5) is 22.7 Å². The van der Waals surface area contributed by atoms with Crippen LogP contribution in [-0.4, -0.2) is 9.55 Å². The van der Waals surface area contributed by atoms with Crippen LogP contribution in [0.2, 0.25) is 0 Å². The van der Waals surface area contributed by atoms with E-state index >= 15 is 0 Å². The summed E-state index contributed by atoms with van der Waals surface area (Å²) in [6, 6.07) is 42.5. The molecule has 7 heteroatoms. The van der Waals surface area contributed by atoms with Gasteiger partial charge in [0.25, 0.3) is 0 Å². The summed E-state index contributed by atoms with van der Waals surface area (Å²) in [4.78, 5) is 8.49. The molecule has 13 rings (SSSR count). The maximum absolute atomic E-state index is 9.32. The molecule has 0 atom stereocenters. The second-order valence-electron chi connectivity index (χ2n) is 21.8. The molecule has 0 unspecified atom stereocenters. The molecule has 412 valence electrons. The fraction of sp³-hybridized carbons (Fsp3) is 0.132. The first-order valence-corrected chi connectivity index (χ1v) is 27.2. The van der Waals surface area contributed by atoms with Gasteiger partial charge >= 0.3 is 0 Å². The summed E-state index contributed by atoms with van der Waals surface area (Å²) < 4.78 is 149. The van der Waals surface area contributed by atoms with Gasteiger partial charge in [-0.25, -0.2) is 4.98 Å². The molecule has 0 spiro atoms. The van der Waals surface area contributed by atoms with Crippen molar-refractivity contribution in [3.63, 3.8) is 0 Å². The Morgan fingerprint density at radius 1 is 0.518 bits per heavy atom. The van der Waals surface area contributed by atoms with Gasteiger partial charge in [-0.15, -0.1) is 48.1 Å². The topological polar surface area (TPSA) is 42.8 Å².